The van der Waals surface area contributed by atoms with Gasteiger partial charge in [0, 0.05) is 39.2 Å². The number of hydrogen-bond donors (Lipinski definition) is 2. The van der Waals surface area contributed by atoms with Gasteiger partial charge in [0.25, 0.3) is 10.0 Å². The fourth-order valence-corrected chi connectivity index (χ4v) is 4.87. The van der Waals surface area contributed by atoms with Crippen molar-refractivity contribution in [3.8, 4) is 22.8 Å². The molecule has 0 saturated heterocycles. The normalized spacial score (nSPS) is 10.8. The van der Waals surface area contributed by atoms with Gasteiger partial charge in [-0.3, -0.25) is 4.79 Å². The molecule has 2 N–H and O–H groups in total. The maximum atomic E-state index is 13.3. The van der Waals surface area contributed by atoms with Gasteiger partial charge in [-0.15, -0.1) is 0 Å². The Hall–Kier alpha value is -2.93. The van der Waals surface area contributed by atoms with Crippen molar-refractivity contribution >= 4 is 38.4 Å². The van der Waals surface area contributed by atoms with Crippen LogP contribution in [0.4, 0.5) is 4.79 Å². The number of nitrogens with one attached hydrogen (secondary N) is 2. The predicted molar refractivity (Wildman–Crippen MR) is 144 cm³/mol. The number of fused-ring (bicyclic) bond motifs is 1. The van der Waals surface area contributed by atoms with Crippen molar-refractivity contribution in [3.63, 3.8) is 0 Å². The van der Waals surface area contributed by atoms with Gasteiger partial charge < -0.3 is 19.2 Å². The van der Waals surface area contributed by atoms with Crippen molar-refractivity contribution in [3.05, 3.63) is 84.4 Å². The summed E-state index contributed by atoms with van der Waals surface area (Å²) in [5, 5.41) is 1.02. The summed E-state index contributed by atoms with van der Waals surface area (Å²) in [4.78, 5) is 28.0. The molecule has 11 heteroatoms. The number of ether oxygens (including phenoxy) is 3. The van der Waals surface area contributed by atoms with E-state index in [9.17, 15) is 18.0 Å². The van der Waals surface area contributed by atoms with Gasteiger partial charge >= 0.3 is 57.5 Å². The Labute approximate surface area is 269 Å². The summed E-state index contributed by atoms with van der Waals surface area (Å²) in [5.74, 6) is 0.498. The molecule has 0 bridgehead atoms. The largest absolute Gasteiger partial charge is 1.00 e. The van der Waals surface area contributed by atoms with Crippen molar-refractivity contribution in [2.75, 3.05) is 20.8 Å². The van der Waals surface area contributed by atoms with E-state index in [0.29, 0.717) is 22.6 Å². The number of H-pyrrole nitrogens is 1. The Morgan fingerprint density at radius 2 is 1.62 bits per heavy atom. The first-order chi connectivity index (χ1) is 18.2. The average Bonchev–Trinajstić information content (AvgIpc) is 3.35. The Kier molecular flexibility index (Phi) is 10.2. The summed E-state index contributed by atoms with van der Waals surface area (Å²) >= 11 is 0. The number of ketones is 1. The van der Waals surface area contributed by atoms with Crippen LogP contribution in [0, 0.1) is 0 Å². The molecule has 0 spiro atoms. The number of rotatable bonds is 9. The molecule has 0 aliphatic carbocycles. The number of hydrogen-bond acceptors (Lipinski definition) is 7. The van der Waals surface area contributed by atoms with E-state index in [1.807, 2.05) is 30.3 Å². The second-order valence-corrected chi connectivity index (χ2v) is 9.86. The van der Waals surface area contributed by atoms with E-state index in [1.54, 1.807) is 30.9 Å². The number of sulfonamides is 1. The SMILES string of the molecule is C=C(C(=O)c1ccc(S(=O)(=O)NC(=O)OCC)cc1)c1cc(-c2cc3ccccc3[nH]2)c(OC)cc1OC.[K+]. The summed E-state index contributed by atoms with van der Waals surface area (Å²) in [6.07, 6.45) is -1.08. The van der Waals surface area contributed by atoms with E-state index < -0.39 is 21.9 Å². The molecule has 3 aromatic carbocycles. The minimum Gasteiger partial charge on any atom is -0.496 e. The molecule has 0 saturated carbocycles. The number of methoxy groups -OCH3 is 2. The quantitative estimate of drug-likeness (QED) is 0.179. The summed E-state index contributed by atoms with van der Waals surface area (Å²) in [7, 11) is -1.13. The topological polar surface area (TPSA) is 124 Å². The number of aromatic amines is 1. The van der Waals surface area contributed by atoms with Crippen LogP contribution in [0.3, 0.4) is 0 Å². The average molecular weight is 574 g/mol. The zero-order valence-corrected chi connectivity index (χ0v) is 26.0. The summed E-state index contributed by atoms with van der Waals surface area (Å²) in [6.45, 7) is 5.58. The van der Waals surface area contributed by atoms with Gasteiger partial charge in [0.05, 0.1) is 31.4 Å². The van der Waals surface area contributed by atoms with Gasteiger partial charge in [0.2, 0.25) is 0 Å². The fraction of sp³-hybridized carbons (Fsp3) is 0.143. The minimum absolute atomic E-state index is 0. The van der Waals surface area contributed by atoms with Crippen LogP contribution in [0.25, 0.3) is 27.7 Å². The third-order valence-electron chi connectivity index (χ3n) is 5.86. The van der Waals surface area contributed by atoms with Gasteiger partial charge in [0.15, 0.2) is 5.78 Å². The number of benzene rings is 3. The number of Topliss-reactive ketones (excluding diaryl/α,β-unsaturated/α-hetero) is 1. The molecule has 1 amide bonds. The van der Waals surface area contributed by atoms with Crippen LogP contribution in [-0.2, 0) is 14.8 Å². The van der Waals surface area contributed by atoms with E-state index in [2.05, 4.69) is 16.3 Å². The van der Waals surface area contributed by atoms with E-state index in [-0.39, 0.29) is 74.0 Å². The molecule has 4 aromatic rings. The molecule has 1 heterocycles. The van der Waals surface area contributed by atoms with Gasteiger partial charge in [-0.05, 0) is 49.4 Å². The third kappa shape index (κ3) is 6.63. The van der Waals surface area contributed by atoms with Crippen LogP contribution in [0.5, 0.6) is 11.5 Å². The molecule has 39 heavy (non-hydrogen) atoms. The summed E-state index contributed by atoms with van der Waals surface area (Å²) in [5.41, 5.74) is 3.24. The number of carbonyl (C=O) groups excluding carboxylic acids is 2. The molecule has 0 aliphatic rings. The molecule has 1 aromatic heterocycles. The van der Waals surface area contributed by atoms with Crippen LogP contribution in [0.1, 0.15) is 22.8 Å². The Bertz CT molecular complexity index is 1610. The van der Waals surface area contributed by atoms with Crippen molar-refractivity contribution in [2.24, 2.45) is 0 Å². The number of carbonyl (C=O) groups is 2. The van der Waals surface area contributed by atoms with Crippen LogP contribution < -0.4 is 65.6 Å². The second kappa shape index (κ2) is 12.9. The number of allylic oxidation sites excluding steroid dienone is 1. The molecular formula is C28H26KN2O7S+. The summed E-state index contributed by atoms with van der Waals surface area (Å²) in [6, 6.07) is 18.4. The smallest absolute Gasteiger partial charge is 0.496 e. The van der Waals surface area contributed by atoms with E-state index in [1.165, 1.54) is 31.4 Å². The minimum atomic E-state index is -4.16. The molecule has 0 unspecified atom stereocenters. The molecule has 0 atom stereocenters. The standard InChI is InChI=1S/C28H26N2O7S.K/c1-5-37-28(32)30-38(33,34)20-12-10-18(11-13-20)27(31)17(2)21-15-22(26(36-4)16-25(21)35-3)24-14-19-8-6-7-9-23(19)29-24;/h6-16,29H,2,5H2,1,3-4H3,(H,30,32);/q;+1. The Balaban J connectivity index is 0.00000420. The van der Waals surface area contributed by atoms with Gasteiger partial charge in [-0.25, -0.2) is 17.9 Å². The molecule has 0 fully saturated rings. The number of para-hydroxylation sites is 1. The second-order valence-electron chi connectivity index (χ2n) is 8.18. The first kappa shape index (κ1) is 30.6. The molecule has 0 radical (unpaired) electrons. The monoisotopic (exact) mass is 573 g/mol. The van der Waals surface area contributed by atoms with Crippen LogP contribution in [0.2, 0.25) is 0 Å². The maximum Gasteiger partial charge on any atom is 1.00 e. The molecule has 9 nitrogen and oxygen atoms in total. The Morgan fingerprint density at radius 1 is 0.949 bits per heavy atom. The van der Waals surface area contributed by atoms with Crippen molar-refractivity contribution in [1.82, 2.24) is 9.71 Å². The number of aromatic nitrogens is 1. The van der Waals surface area contributed by atoms with Crippen molar-refractivity contribution < 1.29 is 83.6 Å². The number of amides is 1. The molecule has 0 aliphatic heterocycles. The third-order valence-corrected chi connectivity index (χ3v) is 7.19. The Morgan fingerprint density at radius 3 is 2.23 bits per heavy atom. The maximum absolute atomic E-state index is 13.3. The summed E-state index contributed by atoms with van der Waals surface area (Å²) < 4.78 is 42.3. The molecule has 4 rings (SSSR count). The van der Waals surface area contributed by atoms with E-state index >= 15 is 0 Å². The fourth-order valence-electron chi connectivity index (χ4n) is 3.97. The first-order valence-corrected chi connectivity index (χ1v) is 13.0. The van der Waals surface area contributed by atoms with Crippen LogP contribution in [0.15, 0.2) is 78.2 Å². The van der Waals surface area contributed by atoms with Crippen molar-refractivity contribution in [2.45, 2.75) is 11.8 Å². The zero-order valence-electron chi connectivity index (χ0n) is 22.0. The first-order valence-electron chi connectivity index (χ1n) is 11.6. The zero-order chi connectivity index (χ0) is 27.4. The van der Waals surface area contributed by atoms with E-state index in [4.69, 9.17) is 9.47 Å². The van der Waals surface area contributed by atoms with Crippen molar-refractivity contribution in [1.29, 1.82) is 0 Å². The molecule has 196 valence electrons. The predicted octanol–water partition coefficient (Wildman–Crippen LogP) is 2.19. The van der Waals surface area contributed by atoms with Gasteiger partial charge in [-0.2, -0.15) is 0 Å². The van der Waals surface area contributed by atoms with Crippen LogP contribution in [-0.4, -0.2) is 46.1 Å². The van der Waals surface area contributed by atoms with Crippen LogP contribution >= 0.6 is 0 Å². The van der Waals surface area contributed by atoms with E-state index in [0.717, 1.165) is 16.6 Å². The van der Waals surface area contributed by atoms with Gasteiger partial charge in [-0.1, -0.05) is 24.8 Å². The van der Waals surface area contributed by atoms with Gasteiger partial charge in [0.1, 0.15) is 11.5 Å². The molecular weight excluding hydrogens is 547 g/mol.